The zero-order valence-corrected chi connectivity index (χ0v) is 16.7. The van der Waals surface area contributed by atoms with E-state index >= 15 is 0 Å². The van der Waals surface area contributed by atoms with Crippen molar-refractivity contribution in [3.8, 4) is 10.6 Å². The van der Waals surface area contributed by atoms with Gasteiger partial charge in [-0.3, -0.25) is 19.5 Å². The average Bonchev–Trinajstić information content (AvgIpc) is 3.15. The second-order valence-corrected chi connectivity index (χ2v) is 8.29. The van der Waals surface area contributed by atoms with E-state index in [4.69, 9.17) is 0 Å². The van der Waals surface area contributed by atoms with E-state index < -0.39 is 6.04 Å². The van der Waals surface area contributed by atoms with Gasteiger partial charge < -0.3 is 15.5 Å². The van der Waals surface area contributed by atoms with Crippen LogP contribution in [0.3, 0.4) is 0 Å². The molecule has 3 N–H and O–H groups in total. The Balaban J connectivity index is 1.23. The summed E-state index contributed by atoms with van der Waals surface area (Å²) in [6, 6.07) is 12.2. The maximum absolute atomic E-state index is 12.9. The number of nitrogens with one attached hydrogen (secondary N) is 3. The molecular weight excluding hydrogens is 402 g/mol. The molecule has 1 aromatic carbocycles. The van der Waals surface area contributed by atoms with Gasteiger partial charge in [-0.2, -0.15) is 5.10 Å². The third-order valence-electron chi connectivity index (χ3n) is 5.24. The molecule has 0 spiro atoms. The van der Waals surface area contributed by atoms with Crippen LogP contribution >= 0.6 is 11.3 Å². The Morgan fingerprint density at radius 1 is 1.20 bits per heavy atom. The SMILES string of the molecule is O=C(CNC(=O)C1c2ccccc2C(=O)N1C1CC1)Nc1cc(-c2cccs2)[nH]n1. The number of benzene rings is 1. The highest BCUT2D eigenvalue weighted by molar-refractivity contribution is 7.13. The second-order valence-electron chi connectivity index (χ2n) is 7.34. The smallest absolute Gasteiger partial charge is 0.255 e. The van der Waals surface area contributed by atoms with Crippen LogP contribution in [0.1, 0.15) is 34.8 Å². The number of nitrogens with zero attached hydrogens (tertiary/aromatic N) is 2. The molecule has 3 aromatic rings. The third kappa shape index (κ3) is 3.37. The lowest BCUT2D eigenvalue weighted by Crippen LogP contribution is -2.42. The van der Waals surface area contributed by atoms with Gasteiger partial charge in [0.25, 0.3) is 5.91 Å². The molecule has 1 atom stereocenters. The van der Waals surface area contributed by atoms with Gasteiger partial charge in [0.15, 0.2) is 5.82 Å². The lowest BCUT2D eigenvalue weighted by molar-refractivity contribution is -0.127. The number of amides is 3. The van der Waals surface area contributed by atoms with Gasteiger partial charge in [-0.25, -0.2) is 0 Å². The number of fused-ring (bicyclic) bond motifs is 1. The first-order chi connectivity index (χ1) is 14.6. The first-order valence-electron chi connectivity index (χ1n) is 9.70. The van der Waals surface area contributed by atoms with Gasteiger partial charge in [0.05, 0.1) is 17.1 Å². The van der Waals surface area contributed by atoms with Crippen LogP contribution < -0.4 is 10.6 Å². The molecule has 152 valence electrons. The summed E-state index contributed by atoms with van der Waals surface area (Å²) < 4.78 is 0. The molecular formula is C21H19N5O3S. The van der Waals surface area contributed by atoms with Crippen molar-refractivity contribution in [2.24, 2.45) is 0 Å². The Kier molecular flexibility index (Phi) is 4.59. The van der Waals surface area contributed by atoms with Gasteiger partial charge in [0.1, 0.15) is 6.04 Å². The first kappa shape index (κ1) is 18.6. The minimum absolute atomic E-state index is 0.0919. The predicted molar refractivity (Wildman–Crippen MR) is 112 cm³/mol. The Morgan fingerprint density at radius 2 is 2.03 bits per heavy atom. The van der Waals surface area contributed by atoms with Gasteiger partial charge in [-0.05, 0) is 35.9 Å². The molecule has 0 bridgehead atoms. The normalized spacial score (nSPS) is 17.7. The number of rotatable bonds is 6. The van der Waals surface area contributed by atoms with Crippen LogP contribution in [0.5, 0.6) is 0 Å². The number of hydrogen-bond acceptors (Lipinski definition) is 5. The lowest BCUT2D eigenvalue weighted by Gasteiger charge is -2.24. The predicted octanol–water partition coefficient (Wildman–Crippen LogP) is 2.55. The Hall–Kier alpha value is -3.46. The van der Waals surface area contributed by atoms with Crippen molar-refractivity contribution in [1.82, 2.24) is 20.4 Å². The zero-order chi connectivity index (χ0) is 20.7. The van der Waals surface area contributed by atoms with Crippen molar-refractivity contribution in [2.75, 3.05) is 11.9 Å². The van der Waals surface area contributed by atoms with E-state index in [1.54, 1.807) is 40.5 Å². The Morgan fingerprint density at radius 3 is 2.80 bits per heavy atom. The van der Waals surface area contributed by atoms with Gasteiger partial charge in [0.2, 0.25) is 11.8 Å². The molecule has 5 rings (SSSR count). The molecule has 1 saturated carbocycles. The maximum Gasteiger partial charge on any atom is 0.255 e. The highest BCUT2D eigenvalue weighted by atomic mass is 32.1. The minimum atomic E-state index is -0.690. The van der Waals surface area contributed by atoms with Crippen molar-refractivity contribution in [2.45, 2.75) is 24.9 Å². The van der Waals surface area contributed by atoms with Gasteiger partial charge >= 0.3 is 0 Å². The summed E-state index contributed by atoms with van der Waals surface area (Å²) in [6.45, 7) is -0.203. The maximum atomic E-state index is 12.9. The average molecular weight is 421 g/mol. The highest BCUT2D eigenvalue weighted by Crippen LogP contribution is 2.41. The number of aromatic nitrogens is 2. The Bertz CT molecular complexity index is 1120. The van der Waals surface area contributed by atoms with Crippen LogP contribution in [0.25, 0.3) is 10.6 Å². The van der Waals surface area contributed by atoms with E-state index in [0.717, 1.165) is 23.4 Å². The van der Waals surface area contributed by atoms with Crippen LogP contribution in [0.15, 0.2) is 47.8 Å². The molecule has 1 fully saturated rings. The summed E-state index contributed by atoms with van der Waals surface area (Å²) in [4.78, 5) is 40.6. The molecule has 3 amide bonds. The van der Waals surface area contributed by atoms with Gasteiger partial charge in [-0.1, -0.05) is 24.3 Å². The quantitative estimate of drug-likeness (QED) is 0.569. The summed E-state index contributed by atoms with van der Waals surface area (Å²) >= 11 is 1.57. The zero-order valence-electron chi connectivity index (χ0n) is 15.9. The van der Waals surface area contributed by atoms with Crippen molar-refractivity contribution < 1.29 is 14.4 Å². The van der Waals surface area contributed by atoms with E-state index in [-0.39, 0.29) is 30.3 Å². The number of hydrogen-bond donors (Lipinski definition) is 3. The third-order valence-corrected chi connectivity index (χ3v) is 6.15. The van der Waals surface area contributed by atoms with Crippen LogP contribution in [0, 0.1) is 0 Å². The summed E-state index contributed by atoms with van der Waals surface area (Å²) in [5, 5.41) is 14.3. The molecule has 9 heteroatoms. The van der Waals surface area contributed by atoms with E-state index in [0.29, 0.717) is 16.9 Å². The van der Waals surface area contributed by atoms with E-state index in [2.05, 4.69) is 20.8 Å². The van der Waals surface area contributed by atoms with Crippen molar-refractivity contribution >= 4 is 34.9 Å². The molecule has 30 heavy (non-hydrogen) atoms. The fourth-order valence-electron chi connectivity index (χ4n) is 3.73. The molecule has 1 aliphatic heterocycles. The summed E-state index contributed by atoms with van der Waals surface area (Å²) in [7, 11) is 0. The molecule has 3 heterocycles. The fraction of sp³-hybridized carbons (Fsp3) is 0.238. The highest BCUT2D eigenvalue weighted by Gasteiger charge is 2.47. The second kappa shape index (κ2) is 7.42. The van der Waals surface area contributed by atoms with E-state index in [1.165, 1.54) is 0 Å². The number of H-pyrrole nitrogens is 1. The van der Waals surface area contributed by atoms with Crippen LogP contribution in [0.4, 0.5) is 5.82 Å². The first-order valence-corrected chi connectivity index (χ1v) is 10.6. The number of carbonyl (C=O) groups excluding carboxylic acids is 3. The van der Waals surface area contributed by atoms with Crippen LogP contribution in [-0.2, 0) is 9.59 Å². The minimum Gasteiger partial charge on any atom is -0.345 e. The molecule has 0 radical (unpaired) electrons. The largest absolute Gasteiger partial charge is 0.345 e. The molecule has 1 unspecified atom stereocenters. The fourth-order valence-corrected chi connectivity index (χ4v) is 4.42. The lowest BCUT2D eigenvalue weighted by atomic mass is 10.0. The summed E-state index contributed by atoms with van der Waals surface area (Å²) in [5.74, 6) is -0.464. The number of anilines is 1. The molecule has 1 aliphatic carbocycles. The van der Waals surface area contributed by atoms with Crippen LogP contribution in [-0.4, -0.2) is 45.4 Å². The van der Waals surface area contributed by atoms with Crippen molar-refractivity contribution in [1.29, 1.82) is 0 Å². The van der Waals surface area contributed by atoms with Crippen molar-refractivity contribution in [3.05, 3.63) is 59.0 Å². The summed E-state index contributed by atoms with van der Waals surface area (Å²) in [6.07, 6.45) is 1.80. The van der Waals surface area contributed by atoms with Crippen LogP contribution in [0.2, 0.25) is 0 Å². The number of carbonyl (C=O) groups is 3. The van der Waals surface area contributed by atoms with Gasteiger partial charge in [0, 0.05) is 17.7 Å². The van der Waals surface area contributed by atoms with E-state index in [1.807, 2.05) is 23.6 Å². The molecule has 2 aliphatic rings. The topological polar surface area (TPSA) is 107 Å². The monoisotopic (exact) mass is 421 g/mol. The molecule has 2 aromatic heterocycles. The van der Waals surface area contributed by atoms with E-state index in [9.17, 15) is 14.4 Å². The summed E-state index contributed by atoms with van der Waals surface area (Å²) in [5.41, 5.74) is 2.07. The molecule has 0 saturated heterocycles. The van der Waals surface area contributed by atoms with Crippen molar-refractivity contribution in [3.63, 3.8) is 0 Å². The Labute approximate surface area is 176 Å². The molecule has 8 nitrogen and oxygen atoms in total. The number of thiophene rings is 1. The van der Waals surface area contributed by atoms with Gasteiger partial charge in [-0.15, -0.1) is 11.3 Å². The number of aromatic amines is 1. The standard InChI is InChI=1S/C21H19N5O3S/c27-18(23-17-10-15(24-25-17)16-6-3-9-30-16)11-22-20(28)19-13-4-1-2-5-14(13)21(29)26(19)12-7-8-12/h1-6,9-10,12,19H,7-8,11H2,(H,22,28)(H2,23,24,25,27).